The van der Waals surface area contributed by atoms with E-state index in [2.05, 4.69) is 5.10 Å². The number of aryl methyl sites for hydroxylation is 1. The molecule has 0 bridgehead atoms. The van der Waals surface area contributed by atoms with E-state index < -0.39 is 18.5 Å². The van der Waals surface area contributed by atoms with Crippen LogP contribution in [0.25, 0.3) is 11.0 Å². The molecule has 0 spiro atoms. The fraction of sp³-hybridized carbons (Fsp3) is 0.179. The summed E-state index contributed by atoms with van der Waals surface area (Å²) in [4.78, 5) is 25.9. The predicted octanol–water partition coefficient (Wildman–Crippen LogP) is 5.28. The van der Waals surface area contributed by atoms with Crippen molar-refractivity contribution in [3.8, 4) is 5.75 Å². The average molecular weight is 469 g/mol. The van der Waals surface area contributed by atoms with Crippen molar-refractivity contribution >= 4 is 28.6 Å². The van der Waals surface area contributed by atoms with Crippen LogP contribution in [-0.4, -0.2) is 36.3 Å². The number of nitrogens with zero attached hydrogens (tertiary/aromatic N) is 2. The molecule has 0 fully saturated rings. The van der Waals surface area contributed by atoms with E-state index in [1.54, 1.807) is 20.1 Å². The van der Waals surface area contributed by atoms with Crippen molar-refractivity contribution in [3.63, 3.8) is 0 Å². The number of fused-ring (bicyclic) bond motifs is 1. The number of amides is 1. The smallest absolute Gasteiger partial charge is 0.375 e. The summed E-state index contributed by atoms with van der Waals surface area (Å²) in [7, 11) is 1.61. The van der Waals surface area contributed by atoms with Gasteiger partial charge in [0.2, 0.25) is 5.76 Å². The summed E-state index contributed by atoms with van der Waals surface area (Å²) in [5, 5.41) is 6.86. The van der Waals surface area contributed by atoms with Gasteiger partial charge in [0.15, 0.2) is 6.61 Å². The van der Waals surface area contributed by atoms with Crippen molar-refractivity contribution in [3.05, 3.63) is 101 Å². The van der Waals surface area contributed by atoms with Gasteiger partial charge < -0.3 is 13.9 Å². The third-order valence-electron chi connectivity index (χ3n) is 6.13. The molecular formula is C28H24N2O5. The van der Waals surface area contributed by atoms with Gasteiger partial charge in [0.05, 0.1) is 18.9 Å². The van der Waals surface area contributed by atoms with Crippen LogP contribution in [0, 0.1) is 6.92 Å². The van der Waals surface area contributed by atoms with Crippen molar-refractivity contribution in [1.29, 1.82) is 0 Å². The van der Waals surface area contributed by atoms with Gasteiger partial charge in [-0.05, 0) is 36.2 Å². The highest BCUT2D eigenvalue weighted by atomic mass is 16.5. The Morgan fingerprint density at radius 3 is 2.43 bits per heavy atom. The maximum Gasteiger partial charge on any atom is 0.375 e. The van der Waals surface area contributed by atoms with Crippen LogP contribution in [0.15, 0.2) is 88.4 Å². The van der Waals surface area contributed by atoms with E-state index in [0.29, 0.717) is 17.6 Å². The minimum atomic E-state index is -0.681. The first-order valence-electron chi connectivity index (χ1n) is 11.3. The van der Waals surface area contributed by atoms with Gasteiger partial charge in [-0.1, -0.05) is 60.7 Å². The summed E-state index contributed by atoms with van der Waals surface area (Å²) in [5.41, 5.74) is 3.92. The molecule has 3 aromatic carbocycles. The van der Waals surface area contributed by atoms with Crippen LogP contribution in [0.4, 0.5) is 0 Å². The number of ether oxygens (including phenoxy) is 2. The number of methoxy groups -OCH3 is 1. The van der Waals surface area contributed by atoms with Gasteiger partial charge in [0, 0.05) is 17.4 Å². The molecule has 0 N–H and O–H groups in total. The van der Waals surface area contributed by atoms with E-state index in [0.717, 1.165) is 28.0 Å². The highest BCUT2D eigenvalue weighted by Gasteiger charge is 2.34. The number of esters is 1. The topological polar surface area (TPSA) is 81.3 Å². The summed E-state index contributed by atoms with van der Waals surface area (Å²) in [5.74, 6) is -0.275. The lowest BCUT2D eigenvalue weighted by atomic mass is 9.98. The molecule has 2 heterocycles. The summed E-state index contributed by atoms with van der Waals surface area (Å²) in [6.45, 7) is 1.34. The largest absolute Gasteiger partial charge is 0.497 e. The van der Waals surface area contributed by atoms with Gasteiger partial charge in [-0.25, -0.2) is 9.80 Å². The molecule has 5 rings (SSSR count). The Morgan fingerprint density at radius 2 is 1.71 bits per heavy atom. The van der Waals surface area contributed by atoms with Crippen LogP contribution in [0.3, 0.4) is 0 Å². The Morgan fingerprint density at radius 1 is 1.00 bits per heavy atom. The lowest BCUT2D eigenvalue weighted by Crippen LogP contribution is -2.31. The predicted molar refractivity (Wildman–Crippen MR) is 131 cm³/mol. The molecule has 7 heteroatoms. The second-order valence-electron chi connectivity index (χ2n) is 8.27. The summed E-state index contributed by atoms with van der Waals surface area (Å²) < 4.78 is 16.3. The summed E-state index contributed by atoms with van der Waals surface area (Å²) in [6, 6.07) is 24.3. The van der Waals surface area contributed by atoms with Crippen molar-refractivity contribution in [2.24, 2.45) is 5.10 Å². The van der Waals surface area contributed by atoms with Crippen LogP contribution in [-0.2, 0) is 9.53 Å². The SMILES string of the molecule is COc1ccc(C2CC(c3ccccc3)=NN2C(=O)COC(=O)c2oc3ccccc3c2C)cc1. The number of para-hydroxylation sites is 1. The van der Waals surface area contributed by atoms with Gasteiger partial charge in [-0.3, -0.25) is 4.79 Å². The van der Waals surface area contributed by atoms with E-state index in [9.17, 15) is 9.59 Å². The molecule has 1 aliphatic heterocycles. The monoisotopic (exact) mass is 468 g/mol. The van der Waals surface area contributed by atoms with Crippen LogP contribution < -0.4 is 4.74 Å². The molecule has 35 heavy (non-hydrogen) atoms. The molecule has 0 aliphatic carbocycles. The molecule has 176 valence electrons. The fourth-order valence-electron chi connectivity index (χ4n) is 4.26. The molecular weight excluding hydrogens is 444 g/mol. The lowest BCUT2D eigenvalue weighted by Gasteiger charge is -2.22. The normalized spacial score (nSPS) is 15.2. The Labute approximate surface area is 202 Å². The van der Waals surface area contributed by atoms with Gasteiger partial charge in [-0.2, -0.15) is 5.10 Å². The second kappa shape index (κ2) is 9.46. The number of carbonyl (C=O) groups is 2. The van der Waals surface area contributed by atoms with Gasteiger partial charge in [0.1, 0.15) is 11.3 Å². The molecule has 1 amide bonds. The Balaban J connectivity index is 1.36. The molecule has 1 aromatic heterocycles. The standard InChI is InChI=1S/C28H24N2O5/c1-18-22-10-6-7-11-25(22)35-27(18)28(32)34-17-26(31)30-24(20-12-14-21(33-2)15-13-20)16-23(29-30)19-8-4-3-5-9-19/h3-15,24H,16-17H2,1-2H3. The van der Waals surface area contributed by atoms with Crippen molar-refractivity contribution in [2.45, 2.75) is 19.4 Å². The average Bonchev–Trinajstić information content (AvgIpc) is 3.50. The molecule has 1 aliphatic rings. The molecule has 1 atom stereocenters. The van der Waals surface area contributed by atoms with E-state index in [4.69, 9.17) is 13.9 Å². The zero-order valence-electron chi connectivity index (χ0n) is 19.4. The highest BCUT2D eigenvalue weighted by molar-refractivity contribution is 6.03. The molecule has 7 nitrogen and oxygen atoms in total. The first-order valence-corrected chi connectivity index (χ1v) is 11.3. The first kappa shape index (κ1) is 22.4. The number of hydrogen-bond donors (Lipinski definition) is 0. The zero-order valence-corrected chi connectivity index (χ0v) is 19.4. The summed E-state index contributed by atoms with van der Waals surface area (Å²) in [6.07, 6.45) is 0.540. The number of hydrazone groups is 1. The van der Waals surface area contributed by atoms with Crippen molar-refractivity contribution in [2.75, 3.05) is 13.7 Å². The second-order valence-corrected chi connectivity index (χ2v) is 8.27. The minimum Gasteiger partial charge on any atom is -0.497 e. The Kier molecular flexibility index (Phi) is 6.06. The number of benzene rings is 3. The number of furan rings is 1. The maximum absolute atomic E-state index is 13.2. The van der Waals surface area contributed by atoms with E-state index >= 15 is 0 Å². The third kappa shape index (κ3) is 4.40. The van der Waals surface area contributed by atoms with Crippen LogP contribution in [0.2, 0.25) is 0 Å². The van der Waals surface area contributed by atoms with Crippen LogP contribution in [0.1, 0.15) is 39.7 Å². The highest BCUT2D eigenvalue weighted by Crippen LogP contribution is 2.34. The number of hydrogen-bond acceptors (Lipinski definition) is 6. The van der Waals surface area contributed by atoms with Crippen LogP contribution >= 0.6 is 0 Å². The van der Waals surface area contributed by atoms with E-state index in [1.165, 1.54) is 5.01 Å². The third-order valence-corrected chi connectivity index (χ3v) is 6.13. The molecule has 1 unspecified atom stereocenters. The summed E-state index contributed by atoms with van der Waals surface area (Å²) >= 11 is 0. The first-order chi connectivity index (χ1) is 17.0. The Hall–Kier alpha value is -4.39. The molecule has 0 saturated carbocycles. The van der Waals surface area contributed by atoms with Gasteiger partial charge in [-0.15, -0.1) is 0 Å². The fourth-order valence-corrected chi connectivity index (χ4v) is 4.26. The number of rotatable bonds is 6. The van der Waals surface area contributed by atoms with Gasteiger partial charge in [0.25, 0.3) is 5.91 Å². The quantitative estimate of drug-likeness (QED) is 0.360. The van der Waals surface area contributed by atoms with Crippen molar-refractivity contribution in [1.82, 2.24) is 5.01 Å². The Bertz CT molecular complexity index is 1410. The zero-order chi connectivity index (χ0) is 24.4. The van der Waals surface area contributed by atoms with Crippen LogP contribution in [0.5, 0.6) is 5.75 Å². The maximum atomic E-state index is 13.2. The van der Waals surface area contributed by atoms with E-state index in [-0.39, 0.29) is 11.8 Å². The molecule has 0 radical (unpaired) electrons. The lowest BCUT2D eigenvalue weighted by molar-refractivity contribution is -0.136. The molecule has 0 saturated heterocycles. The number of carbonyl (C=O) groups excluding carboxylic acids is 2. The van der Waals surface area contributed by atoms with Gasteiger partial charge >= 0.3 is 5.97 Å². The molecule has 4 aromatic rings. The van der Waals surface area contributed by atoms with E-state index in [1.807, 2.05) is 72.8 Å². The minimum absolute atomic E-state index is 0.0978. The van der Waals surface area contributed by atoms with Crippen molar-refractivity contribution < 1.29 is 23.5 Å².